The molecule has 2 aromatic rings. The second-order valence-electron chi connectivity index (χ2n) is 13.6. The van der Waals surface area contributed by atoms with Crippen LogP contribution in [0, 0.1) is 5.92 Å². The predicted molar refractivity (Wildman–Crippen MR) is 187 cm³/mol. The Kier molecular flexibility index (Phi) is 13.9. The number of nitrogens with one attached hydrogen (secondary N) is 4. The van der Waals surface area contributed by atoms with E-state index in [1.807, 2.05) is 45.0 Å². The summed E-state index contributed by atoms with van der Waals surface area (Å²) < 4.78 is 0. The van der Waals surface area contributed by atoms with E-state index in [1.54, 1.807) is 41.3 Å². The van der Waals surface area contributed by atoms with Crippen LogP contribution in [0.25, 0.3) is 0 Å². The van der Waals surface area contributed by atoms with Gasteiger partial charge in [-0.3, -0.25) is 28.8 Å². The highest BCUT2D eigenvalue weighted by Gasteiger charge is 2.41. The molecule has 0 radical (unpaired) electrons. The lowest BCUT2D eigenvalue weighted by molar-refractivity contribution is -0.147. The number of carboxylic acids is 1. The van der Waals surface area contributed by atoms with Gasteiger partial charge >= 0.3 is 5.97 Å². The molecule has 5 amide bonds. The maximum atomic E-state index is 14.2. The number of carboxylic acid groups (broad SMARTS) is 1. The number of likely N-dealkylation sites (tertiary alicyclic amines) is 1. The van der Waals surface area contributed by atoms with Crippen molar-refractivity contribution in [2.75, 3.05) is 26.2 Å². The van der Waals surface area contributed by atoms with Crippen LogP contribution in [0.15, 0.2) is 60.7 Å². The molecule has 2 fully saturated rings. The Labute approximate surface area is 293 Å². The second-order valence-corrected chi connectivity index (χ2v) is 13.6. The number of carbonyl (C=O) groups is 6. The van der Waals surface area contributed by atoms with Crippen molar-refractivity contribution >= 4 is 35.5 Å². The summed E-state index contributed by atoms with van der Waals surface area (Å²) in [7, 11) is 0. The molecule has 4 rings (SSSR count). The van der Waals surface area contributed by atoms with E-state index in [0.29, 0.717) is 39.0 Å². The zero-order valence-corrected chi connectivity index (χ0v) is 29.1. The summed E-state index contributed by atoms with van der Waals surface area (Å²) in [6, 6.07) is 13.7. The third-order valence-electron chi connectivity index (χ3n) is 9.08. The fraction of sp³-hybridized carbons (Fsp3) is 0.514. The highest BCUT2D eigenvalue weighted by molar-refractivity contribution is 5.97. The van der Waals surface area contributed by atoms with Crippen molar-refractivity contribution in [2.24, 2.45) is 5.92 Å². The van der Waals surface area contributed by atoms with E-state index in [-0.39, 0.29) is 37.1 Å². The van der Waals surface area contributed by atoms with Gasteiger partial charge in [0.05, 0.1) is 12.8 Å². The smallest absolute Gasteiger partial charge is 0.305 e. The molecule has 270 valence electrons. The van der Waals surface area contributed by atoms with Crippen molar-refractivity contribution in [3.63, 3.8) is 0 Å². The molecule has 2 aliphatic rings. The largest absolute Gasteiger partial charge is 0.481 e. The summed E-state index contributed by atoms with van der Waals surface area (Å²) in [6.07, 6.45) is 0.753. The molecule has 5 N–H and O–H groups in total. The Balaban J connectivity index is 1.52. The lowest BCUT2D eigenvalue weighted by Gasteiger charge is -2.38. The third-order valence-corrected chi connectivity index (χ3v) is 9.08. The number of hydrogen-bond donors (Lipinski definition) is 5. The van der Waals surface area contributed by atoms with E-state index in [0.717, 1.165) is 11.1 Å². The molecule has 0 bridgehead atoms. The van der Waals surface area contributed by atoms with Gasteiger partial charge in [0.2, 0.25) is 29.5 Å². The van der Waals surface area contributed by atoms with Crippen LogP contribution < -0.4 is 21.3 Å². The molecule has 13 heteroatoms. The molecule has 2 aromatic carbocycles. The van der Waals surface area contributed by atoms with Gasteiger partial charge in [-0.2, -0.15) is 0 Å². The lowest BCUT2D eigenvalue weighted by Crippen LogP contribution is -2.60. The van der Waals surface area contributed by atoms with Crippen LogP contribution in [0.2, 0.25) is 0 Å². The van der Waals surface area contributed by atoms with Crippen LogP contribution in [0.3, 0.4) is 0 Å². The van der Waals surface area contributed by atoms with Gasteiger partial charge in [-0.05, 0) is 43.2 Å². The fourth-order valence-corrected chi connectivity index (χ4v) is 6.56. The topological polar surface area (TPSA) is 177 Å². The van der Waals surface area contributed by atoms with E-state index < -0.39 is 60.2 Å². The van der Waals surface area contributed by atoms with E-state index in [2.05, 4.69) is 21.3 Å². The molecular weight excluding hydrogens is 640 g/mol. The Morgan fingerprint density at radius 2 is 1.44 bits per heavy atom. The molecule has 50 heavy (non-hydrogen) atoms. The highest BCUT2D eigenvalue weighted by Crippen LogP contribution is 2.23. The summed E-state index contributed by atoms with van der Waals surface area (Å²) in [6.45, 7) is 7.91. The third kappa shape index (κ3) is 10.9. The van der Waals surface area contributed by atoms with E-state index >= 15 is 0 Å². The Bertz CT molecular complexity index is 1490. The normalized spacial score (nSPS) is 19.3. The van der Waals surface area contributed by atoms with Crippen LogP contribution in [0.4, 0.5) is 0 Å². The number of hydrogen-bond acceptors (Lipinski definition) is 7. The lowest BCUT2D eigenvalue weighted by atomic mass is 10.0. The Hall–Kier alpha value is -4.78. The summed E-state index contributed by atoms with van der Waals surface area (Å²) in [5.41, 5.74) is 1.51. The van der Waals surface area contributed by atoms with E-state index in [1.165, 1.54) is 4.90 Å². The van der Waals surface area contributed by atoms with Gasteiger partial charge in [0.25, 0.3) is 0 Å². The van der Waals surface area contributed by atoms with Gasteiger partial charge in [0.1, 0.15) is 24.2 Å². The number of benzene rings is 2. The number of rotatable bonds is 15. The minimum Gasteiger partial charge on any atom is -0.481 e. The van der Waals surface area contributed by atoms with Crippen molar-refractivity contribution in [1.29, 1.82) is 0 Å². The zero-order chi connectivity index (χ0) is 36.2. The van der Waals surface area contributed by atoms with Crippen LogP contribution in [-0.2, 0) is 41.6 Å². The van der Waals surface area contributed by atoms with Gasteiger partial charge in [-0.15, -0.1) is 0 Å². The van der Waals surface area contributed by atoms with Crippen molar-refractivity contribution in [2.45, 2.75) is 89.5 Å². The molecular formula is C37H50N6O7. The van der Waals surface area contributed by atoms with Crippen LogP contribution in [0.1, 0.15) is 57.6 Å². The molecule has 0 saturated carbocycles. The number of piperazine rings is 1. The Morgan fingerprint density at radius 3 is 2.06 bits per heavy atom. The van der Waals surface area contributed by atoms with Crippen molar-refractivity contribution < 1.29 is 33.9 Å². The second kappa shape index (κ2) is 18.3. The van der Waals surface area contributed by atoms with Gasteiger partial charge < -0.3 is 36.2 Å². The van der Waals surface area contributed by atoms with E-state index in [9.17, 15) is 33.9 Å². The molecule has 2 saturated heterocycles. The summed E-state index contributed by atoms with van der Waals surface area (Å²) in [5.74, 6) is -3.88. The van der Waals surface area contributed by atoms with Crippen LogP contribution in [-0.4, -0.2) is 107 Å². The first-order chi connectivity index (χ1) is 23.9. The highest BCUT2D eigenvalue weighted by atomic mass is 16.4. The summed E-state index contributed by atoms with van der Waals surface area (Å²) >= 11 is 0. The number of carbonyl (C=O) groups excluding carboxylic acids is 5. The quantitative estimate of drug-likeness (QED) is 0.186. The molecule has 0 aliphatic carbocycles. The average Bonchev–Trinajstić information content (AvgIpc) is 3.57. The number of amides is 5. The zero-order valence-electron chi connectivity index (χ0n) is 29.1. The first kappa shape index (κ1) is 38.0. The first-order valence-electron chi connectivity index (χ1n) is 17.4. The molecule has 2 aliphatic heterocycles. The number of nitrogens with zero attached hydrogens (tertiary/aromatic N) is 2. The van der Waals surface area contributed by atoms with Crippen molar-refractivity contribution in [3.05, 3.63) is 71.8 Å². The first-order valence-corrected chi connectivity index (χ1v) is 17.4. The Morgan fingerprint density at radius 1 is 0.820 bits per heavy atom. The molecule has 4 unspecified atom stereocenters. The fourth-order valence-electron chi connectivity index (χ4n) is 6.56. The summed E-state index contributed by atoms with van der Waals surface area (Å²) in [5, 5.41) is 21.0. The molecule has 5 atom stereocenters. The molecule has 0 spiro atoms. The predicted octanol–water partition coefficient (Wildman–Crippen LogP) is 1.26. The van der Waals surface area contributed by atoms with Crippen LogP contribution >= 0.6 is 0 Å². The average molecular weight is 691 g/mol. The standard InChI is InChI=1S/C37H50N6O7/c1-24(2)19-28(39-32(44)21-27-13-8-5-9-14-27)34(47)40-29(22-33(45)46)35(48)41-30(20-26-11-6-4-7-12-26)36(49)43-17-10-15-31(43)37(50)42-18-16-38-23-25(42)3/h4-9,11-14,24-25,28-31,38H,10,15-23H2,1-3H3,(H,39,44)(H,40,47)(H,41,48)(H,45,46)/t25?,28?,29?,30?,31-/m0/s1. The van der Waals surface area contributed by atoms with Gasteiger partial charge in [-0.25, -0.2) is 0 Å². The van der Waals surface area contributed by atoms with Crippen LogP contribution in [0.5, 0.6) is 0 Å². The monoisotopic (exact) mass is 690 g/mol. The molecule has 0 aromatic heterocycles. The van der Waals surface area contributed by atoms with Gasteiger partial charge in [0, 0.05) is 38.6 Å². The van der Waals surface area contributed by atoms with Gasteiger partial charge in [0.15, 0.2) is 0 Å². The summed E-state index contributed by atoms with van der Waals surface area (Å²) in [4.78, 5) is 83.4. The number of aliphatic carboxylic acids is 1. The van der Waals surface area contributed by atoms with E-state index in [4.69, 9.17) is 0 Å². The molecule has 13 nitrogen and oxygen atoms in total. The molecule has 2 heterocycles. The maximum absolute atomic E-state index is 14.2. The SMILES string of the molecule is CC(C)CC(NC(=O)Cc1ccccc1)C(=O)NC(CC(=O)O)C(=O)NC(Cc1ccccc1)C(=O)N1CCC[C@H]1C(=O)N1CCNCC1C. The van der Waals surface area contributed by atoms with Crippen molar-refractivity contribution in [1.82, 2.24) is 31.1 Å². The minimum atomic E-state index is -1.54. The van der Waals surface area contributed by atoms with Crippen molar-refractivity contribution in [3.8, 4) is 0 Å². The maximum Gasteiger partial charge on any atom is 0.305 e. The minimum absolute atomic E-state index is 0.0114. The van der Waals surface area contributed by atoms with Gasteiger partial charge in [-0.1, -0.05) is 74.5 Å².